The van der Waals surface area contributed by atoms with Crippen LogP contribution in [0.1, 0.15) is 38.9 Å². The van der Waals surface area contributed by atoms with Crippen LogP contribution < -0.4 is 10.6 Å². The first kappa shape index (κ1) is 21.2. The zero-order valence-electron chi connectivity index (χ0n) is 18.0. The average Bonchev–Trinajstić information content (AvgIpc) is 3.31. The van der Waals surface area contributed by atoms with Crippen LogP contribution in [0.15, 0.2) is 60.8 Å². The SMILES string of the molecule is Cc1ncc(-c2cccc(CNCCN3CCCC3)c2)nc1C(=O)Nc1ccccc1.[HH].[HH].[HH]. The molecule has 0 bridgehead atoms. The highest BCUT2D eigenvalue weighted by Crippen LogP contribution is 2.20. The van der Waals surface area contributed by atoms with Crippen LogP contribution in [-0.2, 0) is 6.54 Å². The number of benzene rings is 2. The van der Waals surface area contributed by atoms with Crippen LogP contribution in [0.3, 0.4) is 0 Å². The van der Waals surface area contributed by atoms with Crippen LogP contribution in [0, 0.1) is 6.92 Å². The van der Waals surface area contributed by atoms with Crippen molar-refractivity contribution >= 4 is 11.6 Å². The number of hydrogen-bond acceptors (Lipinski definition) is 5. The molecule has 166 valence electrons. The number of rotatable bonds is 8. The second-order valence-electron chi connectivity index (χ2n) is 7.94. The summed E-state index contributed by atoms with van der Waals surface area (Å²) in [6.07, 6.45) is 4.38. The first-order chi connectivity index (χ1) is 15.2. The van der Waals surface area contributed by atoms with Gasteiger partial charge in [-0.1, -0.05) is 36.4 Å². The first-order valence-electron chi connectivity index (χ1n) is 10.9. The molecule has 4 rings (SSSR count). The van der Waals surface area contributed by atoms with Gasteiger partial charge in [0, 0.05) is 35.2 Å². The van der Waals surface area contributed by atoms with Gasteiger partial charge >= 0.3 is 0 Å². The maximum Gasteiger partial charge on any atom is 0.276 e. The number of nitrogens with one attached hydrogen (secondary N) is 2. The van der Waals surface area contributed by atoms with Crippen LogP contribution in [-0.4, -0.2) is 47.0 Å². The molecular formula is C25H35N5O. The summed E-state index contributed by atoms with van der Waals surface area (Å²) in [5.74, 6) is -0.252. The Morgan fingerprint density at radius 3 is 2.71 bits per heavy atom. The molecule has 6 nitrogen and oxygen atoms in total. The fourth-order valence-corrected chi connectivity index (χ4v) is 3.83. The highest BCUT2D eigenvalue weighted by Gasteiger charge is 2.14. The lowest BCUT2D eigenvalue weighted by atomic mass is 10.1. The number of para-hydroxylation sites is 1. The van der Waals surface area contributed by atoms with E-state index in [4.69, 9.17) is 0 Å². The smallest absolute Gasteiger partial charge is 0.276 e. The molecule has 2 aromatic carbocycles. The Morgan fingerprint density at radius 2 is 1.90 bits per heavy atom. The molecule has 1 fully saturated rings. The highest BCUT2D eigenvalue weighted by molar-refractivity contribution is 6.03. The quantitative estimate of drug-likeness (QED) is 0.519. The number of hydrogen-bond donors (Lipinski definition) is 2. The normalized spacial score (nSPS) is 14.0. The molecule has 0 saturated carbocycles. The Balaban J connectivity index is 0.00000193. The fraction of sp³-hybridized carbons (Fsp3) is 0.320. The summed E-state index contributed by atoms with van der Waals surface area (Å²) in [6, 6.07) is 17.6. The number of carbonyl (C=O) groups excluding carboxylic acids is 1. The summed E-state index contributed by atoms with van der Waals surface area (Å²) >= 11 is 0. The standard InChI is InChI=1S/C25H29N5O.3H2/c1-19-24(25(31)28-22-10-3-2-4-11-22)29-23(18-27-19)21-9-7-8-20(16-21)17-26-12-15-30-13-5-6-14-30;;;/h2-4,7-11,16,18,26H,5-6,12-15,17H2,1H3,(H,28,31);3*1H. The molecule has 6 heteroatoms. The van der Waals surface area contributed by atoms with Gasteiger partial charge in [-0.05, 0) is 56.6 Å². The topological polar surface area (TPSA) is 70.2 Å². The predicted molar refractivity (Wildman–Crippen MR) is 130 cm³/mol. The van der Waals surface area contributed by atoms with Crippen molar-refractivity contribution < 1.29 is 9.07 Å². The van der Waals surface area contributed by atoms with Crippen molar-refractivity contribution in [3.05, 3.63) is 77.7 Å². The van der Waals surface area contributed by atoms with Gasteiger partial charge in [0.05, 0.1) is 17.6 Å². The van der Waals surface area contributed by atoms with Crippen molar-refractivity contribution in [1.82, 2.24) is 20.2 Å². The molecule has 3 aromatic rings. The maximum absolute atomic E-state index is 12.7. The maximum atomic E-state index is 12.7. The van der Waals surface area contributed by atoms with E-state index in [0.717, 1.165) is 30.9 Å². The van der Waals surface area contributed by atoms with Crippen LogP contribution in [0.2, 0.25) is 0 Å². The number of aromatic nitrogens is 2. The molecule has 31 heavy (non-hydrogen) atoms. The zero-order chi connectivity index (χ0) is 21.5. The molecule has 1 amide bonds. The van der Waals surface area contributed by atoms with Gasteiger partial charge in [0.2, 0.25) is 0 Å². The number of anilines is 1. The van der Waals surface area contributed by atoms with Crippen molar-refractivity contribution in [2.75, 3.05) is 31.5 Å². The van der Waals surface area contributed by atoms with E-state index in [-0.39, 0.29) is 10.2 Å². The Bertz CT molecular complexity index is 1030. The number of amides is 1. The van der Waals surface area contributed by atoms with E-state index >= 15 is 0 Å². The third-order valence-corrected chi connectivity index (χ3v) is 5.56. The minimum Gasteiger partial charge on any atom is -0.321 e. The van der Waals surface area contributed by atoms with Crippen molar-refractivity contribution in [2.45, 2.75) is 26.3 Å². The van der Waals surface area contributed by atoms with Gasteiger partial charge in [0.1, 0.15) is 5.69 Å². The first-order valence-corrected chi connectivity index (χ1v) is 10.9. The van der Waals surface area contributed by atoms with Crippen molar-refractivity contribution in [2.24, 2.45) is 0 Å². The monoisotopic (exact) mass is 421 g/mol. The van der Waals surface area contributed by atoms with Gasteiger partial charge in [-0.15, -0.1) is 0 Å². The molecule has 0 unspecified atom stereocenters. The summed E-state index contributed by atoms with van der Waals surface area (Å²) in [4.78, 5) is 24.3. The van der Waals surface area contributed by atoms with Gasteiger partial charge < -0.3 is 15.5 Å². The fourth-order valence-electron chi connectivity index (χ4n) is 3.83. The number of aryl methyl sites for hydroxylation is 1. The van der Waals surface area contributed by atoms with E-state index in [0.29, 0.717) is 17.1 Å². The van der Waals surface area contributed by atoms with E-state index in [1.54, 1.807) is 13.1 Å². The van der Waals surface area contributed by atoms with Crippen LogP contribution in [0.4, 0.5) is 5.69 Å². The molecule has 1 saturated heterocycles. The molecule has 1 aliphatic rings. The van der Waals surface area contributed by atoms with Crippen molar-refractivity contribution in [1.29, 1.82) is 0 Å². The highest BCUT2D eigenvalue weighted by atomic mass is 16.1. The summed E-state index contributed by atoms with van der Waals surface area (Å²) in [5, 5.41) is 6.42. The van der Waals surface area contributed by atoms with E-state index in [1.807, 2.05) is 42.5 Å². The van der Waals surface area contributed by atoms with Crippen LogP contribution in [0.25, 0.3) is 11.3 Å². The Kier molecular flexibility index (Phi) is 7.02. The van der Waals surface area contributed by atoms with Gasteiger partial charge in [0.25, 0.3) is 5.91 Å². The molecule has 0 atom stereocenters. The molecule has 2 N–H and O–H groups in total. The summed E-state index contributed by atoms with van der Waals surface area (Å²) in [5.41, 5.74) is 4.54. The zero-order valence-corrected chi connectivity index (χ0v) is 18.0. The average molecular weight is 422 g/mol. The molecule has 0 aliphatic carbocycles. The van der Waals surface area contributed by atoms with E-state index in [2.05, 4.69) is 37.6 Å². The third kappa shape index (κ3) is 5.75. The molecule has 0 radical (unpaired) electrons. The second kappa shape index (κ2) is 10.3. The second-order valence-corrected chi connectivity index (χ2v) is 7.94. The molecular weight excluding hydrogens is 386 g/mol. The van der Waals surface area contributed by atoms with E-state index in [9.17, 15) is 4.79 Å². The summed E-state index contributed by atoms with van der Waals surface area (Å²) in [7, 11) is 0. The number of likely N-dealkylation sites (tertiary alicyclic amines) is 1. The Labute approximate surface area is 188 Å². The van der Waals surface area contributed by atoms with Crippen molar-refractivity contribution in [3.8, 4) is 11.3 Å². The molecule has 1 aliphatic heterocycles. The summed E-state index contributed by atoms with van der Waals surface area (Å²) in [6.45, 7) is 7.15. The number of carbonyl (C=O) groups is 1. The minimum atomic E-state index is -0.252. The molecule has 0 spiro atoms. The van der Waals surface area contributed by atoms with Crippen LogP contribution in [0.5, 0.6) is 0 Å². The van der Waals surface area contributed by atoms with Crippen LogP contribution >= 0.6 is 0 Å². The third-order valence-electron chi connectivity index (χ3n) is 5.56. The lowest BCUT2D eigenvalue weighted by molar-refractivity contribution is 0.102. The predicted octanol–water partition coefficient (Wildman–Crippen LogP) is 4.63. The van der Waals surface area contributed by atoms with Gasteiger partial charge in [-0.2, -0.15) is 0 Å². The molecule has 2 heterocycles. The van der Waals surface area contributed by atoms with Crippen molar-refractivity contribution in [3.63, 3.8) is 0 Å². The number of nitrogens with zero attached hydrogens (tertiary/aromatic N) is 3. The Hall–Kier alpha value is -3.09. The Morgan fingerprint density at radius 1 is 1.10 bits per heavy atom. The van der Waals surface area contributed by atoms with E-state index < -0.39 is 0 Å². The summed E-state index contributed by atoms with van der Waals surface area (Å²) < 4.78 is 0. The lowest BCUT2D eigenvalue weighted by Crippen LogP contribution is -2.29. The van der Waals surface area contributed by atoms with E-state index in [1.165, 1.54) is 31.5 Å². The van der Waals surface area contributed by atoms with Gasteiger partial charge in [-0.25, -0.2) is 4.98 Å². The van der Waals surface area contributed by atoms with Gasteiger partial charge in [0.15, 0.2) is 0 Å². The van der Waals surface area contributed by atoms with Gasteiger partial charge in [-0.3, -0.25) is 9.78 Å². The lowest BCUT2D eigenvalue weighted by Gasteiger charge is -2.15. The minimum absolute atomic E-state index is 0. The molecule has 1 aromatic heterocycles. The largest absolute Gasteiger partial charge is 0.321 e.